The predicted octanol–water partition coefficient (Wildman–Crippen LogP) is 3.88. The summed E-state index contributed by atoms with van der Waals surface area (Å²) in [6.45, 7) is 5.46. The smallest absolute Gasteiger partial charge is 0.162 e. The van der Waals surface area contributed by atoms with Gasteiger partial charge in [0, 0.05) is 24.6 Å². The average molecular weight is 311 g/mol. The van der Waals surface area contributed by atoms with E-state index in [1.54, 1.807) is 0 Å². The second-order valence-electron chi connectivity index (χ2n) is 5.69. The molecule has 1 N–H and O–H groups in total. The Labute approximate surface area is 138 Å². The van der Waals surface area contributed by atoms with E-state index in [1.165, 1.54) is 5.56 Å². The minimum absolute atomic E-state index is 0.160. The van der Waals surface area contributed by atoms with E-state index in [0.717, 1.165) is 24.3 Å². The van der Waals surface area contributed by atoms with Crippen molar-refractivity contribution < 1.29 is 9.53 Å². The van der Waals surface area contributed by atoms with Gasteiger partial charge in [-0.2, -0.15) is 0 Å². The van der Waals surface area contributed by atoms with Gasteiger partial charge in [-0.15, -0.1) is 0 Å². The molecule has 1 atom stereocenters. The Morgan fingerprint density at radius 3 is 2.43 bits per heavy atom. The van der Waals surface area contributed by atoms with E-state index in [1.807, 2.05) is 37.3 Å². The Hall–Kier alpha value is -2.13. The van der Waals surface area contributed by atoms with Gasteiger partial charge < -0.3 is 10.1 Å². The summed E-state index contributed by atoms with van der Waals surface area (Å²) in [5.74, 6) is 0.961. The number of rotatable bonds is 9. The minimum atomic E-state index is 0.160. The monoisotopic (exact) mass is 311 g/mol. The van der Waals surface area contributed by atoms with E-state index in [0.29, 0.717) is 19.1 Å². The third-order valence-corrected chi connectivity index (χ3v) is 3.75. The highest BCUT2D eigenvalue weighted by atomic mass is 16.5. The van der Waals surface area contributed by atoms with Gasteiger partial charge >= 0.3 is 0 Å². The highest BCUT2D eigenvalue weighted by molar-refractivity contribution is 5.95. The first-order valence-corrected chi connectivity index (χ1v) is 8.22. The maximum absolute atomic E-state index is 11.6. The zero-order valence-electron chi connectivity index (χ0n) is 13.9. The summed E-state index contributed by atoms with van der Waals surface area (Å²) in [6, 6.07) is 18.2. The van der Waals surface area contributed by atoms with Gasteiger partial charge in [0.05, 0.1) is 0 Å². The fourth-order valence-electron chi connectivity index (χ4n) is 2.46. The molecular formula is C20H25NO2. The molecule has 0 radical (unpaired) electrons. The molecule has 0 fully saturated rings. The van der Waals surface area contributed by atoms with E-state index in [2.05, 4.69) is 36.5 Å². The summed E-state index contributed by atoms with van der Waals surface area (Å²) in [6.07, 6.45) is 1.54. The predicted molar refractivity (Wildman–Crippen MR) is 94.2 cm³/mol. The summed E-state index contributed by atoms with van der Waals surface area (Å²) in [4.78, 5) is 11.6. The second-order valence-corrected chi connectivity index (χ2v) is 5.69. The van der Waals surface area contributed by atoms with Gasteiger partial charge in [0.2, 0.25) is 0 Å². The topological polar surface area (TPSA) is 38.3 Å². The van der Waals surface area contributed by atoms with Crippen LogP contribution in [0.4, 0.5) is 0 Å². The SMILES string of the molecule is CCC(=O)c1ccc(OCCN[C@@H](C)Cc2ccccc2)cc1. The fraction of sp³-hybridized carbons (Fsp3) is 0.350. The number of carbonyl (C=O) groups is 1. The quantitative estimate of drug-likeness (QED) is 0.564. The normalized spacial score (nSPS) is 11.9. The number of ether oxygens (including phenoxy) is 1. The molecule has 23 heavy (non-hydrogen) atoms. The first-order valence-electron chi connectivity index (χ1n) is 8.22. The molecule has 0 saturated carbocycles. The van der Waals surface area contributed by atoms with Crippen molar-refractivity contribution in [3.8, 4) is 5.75 Å². The van der Waals surface area contributed by atoms with Crippen LogP contribution in [0.2, 0.25) is 0 Å². The summed E-state index contributed by atoms with van der Waals surface area (Å²) in [7, 11) is 0. The molecule has 0 saturated heterocycles. The van der Waals surface area contributed by atoms with Gasteiger partial charge in [0.25, 0.3) is 0 Å². The highest BCUT2D eigenvalue weighted by Gasteiger charge is 2.04. The van der Waals surface area contributed by atoms with E-state index < -0.39 is 0 Å². The molecule has 3 heteroatoms. The largest absolute Gasteiger partial charge is 0.492 e. The van der Waals surface area contributed by atoms with Crippen molar-refractivity contribution in [2.75, 3.05) is 13.2 Å². The minimum Gasteiger partial charge on any atom is -0.492 e. The molecule has 0 aliphatic heterocycles. The third-order valence-electron chi connectivity index (χ3n) is 3.75. The molecule has 0 spiro atoms. The maximum Gasteiger partial charge on any atom is 0.162 e. The first kappa shape index (κ1) is 17.2. The van der Waals surface area contributed by atoms with Gasteiger partial charge in [-0.05, 0) is 43.2 Å². The van der Waals surface area contributed by atoms with Crippen LogP contribution >= 0.6 is 0 Å². The van der Waals surface area contributed by atoms with Crippen LogP contribution in [0.25, 0.3) is 0 Å². The van der Waals surface area contributed by atoms with Crippen molar-refractivity contribution in [1.82, 2.24) is 5.32 Å². The molecule has 0 bridgehead atoms. The Morgan fingerprint density at radius 1 is 1.09 bits per heavy atom. The van der Waals surface area contributed by atoms with Crippen molar-refractivity contribution in [1.29, 1.82) is 0 Å². The van der Waals surface area contributed by atoms with Crippen molar-refractivity contribution in [2.45, 2.75) is 32.7 Å². The molecule has 3 nitrogen and oxygen atoms in total. The Bertz CT molecular complexity index is 593. The zero-order chi connectivity index (χ0) is 16.5. The van der Waals surface area contributed by atoms with Gasteiger partial charge in [-0.25, -0.2) is 0 Å². The first-order chi connectivity index (χ1) is 11.2. The van der Waals surface area contributed by atoms with Crippen LogP contribution in [-0.2, 0) is 6.42 Å². The van der Waals surface area contributed by atoms with E-state index >= 15 is 0 Å². The van der Waals surface area contributed by atoms with Crippen molar-refractivity contribution in [2.24, 2.45) is 0 Å². The average Bonchev–Trinajstić information content (AvgIpc) is 2.59. The van der Waals surface area contributed by atoms with Crippen molar-refractivity contribution in [3.05, 3.63) is 65.7 Å². The molecule has 0 aliphatic rings. The van der Waals surface area contributed by atoms with Gasteiger partial charge in [0.1, 0.15) is 12.4 Å². The maximum atomic E-state index is 11.6. The number of Topliss-reactive ketones (excluding diaryl/α,β-unsaturated/α-hetero) is 1. The van der Waals surface area contributed by atoms with Crippen LogP contribution in [0.5, 0.6) is 5.75 Å². The molecular weight excluding hydrogens is 286 g/mol. The van der Waals surface area contributed by atoms with Crippen molar-refractivity contribution in [3.63, 3.8) is 0 Å². The lowest BCUT2D eigenvalue weighted by molar-refractivity contribution is 0.0988. The molecule has 2 aromatic carbocycles. The Kier molecular flexibility index (Phi) is 6.82. The third kappa shape index (κ3) is 5.87. The van der Waals surface area contributed by atoms with Gasteiger partial charge in [-0.3, -0.25) is 4.79 Å². The Balaban J connectivity index is 1.68. The molecule has 0 unspecified atom stereocenters. The summed E-state index contributed by atoms with van der Waals surface area (Å²) in [5, 5.41) is 3.46. The number of ketones is 1. The van der Waals surface area contributed by atoms with Crippen LogP contribution in [0, 0.1) is 0 Å². The van der Waals surface area contributed by atoms with Crippen LogP contribution in [-0.4, -0.2) is 25.0 Å². The summed E-state index contributed by atoms with van der Waals surface area (Å²) in [5.41, 5.74) is 2.08. The number of hydrogen-bond donors (Lipinski definition) is 1. The van der Waals surface area contributed by atoms with E-state index in [-0.39, 0.29) is 5.78 Å². The fourth-order valence-corrected chi connectivity index (χ4v) is 2.46. The molecule has 2 aromatic rings. The Morgan fingerprint density at radius 2 is 1.78 bits per heavy atom. The van der Waals surface area contributed by atoms with Crippen LogP contribution in [0.15, 0.2) is 54.6 Å². The molecule has 0 amide bonds. The van der Waals surface area contributed by atoms with Crippen LogP contribution in [0.3, 0.4) is 0 Å². The van der Waals surface area contributed by atoms with E-state index in [4.69, 9.17) is 4.74 Å². The van der Waals surface area contributed by atoms with E-state index in [9.17, 15) is 4.79 Å². The molecule has 2 rings (SSSR count). The van der Waals surface area contributed by atoms with Crippen LogP contribution in [0.1, 0.15) is 36.2 Å². The standard InChI is InChI=1S/C20H25NO2/c1-3-20(22)18-9-11-19(12-10-18)23-14-13-21-16(2)15-17-7-5-4-6-8-17/h4-12,16,21H,3,13-15H2,1-2H3/t16-/m0/s1. The second kappa shape index (κ2) is 9.11. The molecule has 122 valence electrons. The molecule has 0 aromatic heterocycles. The number of hydrogen-bond acceptors (Lipinski definition) is 3. The van der Waals surface area contributed by atoms with Gasteiger partial charge in [-0.1, -0.05) is 37.3 Å². The van der Waals surface area contributed by atoms with Crippen molar-refractivity contribution >= 4 is 5.78 Å². The highest BCUT2D eigenvalue weighted by Crippen LogP contribution is 2.13. The summed E-state index contributed by atoms with van der Waals surface area (Å²) >= 11 is 0. The lowest BCUT2D eigenvalue weighted by Crippen LogP contribution is -2.31. The van der Waals surface area contributed by atoms with Gasteiger partial charge in [0.15, 0.2) is 5.78 Å². The zero-order valence-corrected chi connectivity index (χ0v) is 13.9. The lowest BCUT2D eigenvalue weighted by Gasteiger charge is -2.14. The number of carbonyl (C=O) groups excluding carboxylic acids is 1. The molecule has 0 heterocycles. The number of nitrogens with one attached hydrogen (secondary N) is 1. The number of benzene rings is 2. The molecule has 0 aliphatic carbocycles. The summed E-state index contributed by atoms with van der Waals surface area (Å²) < 4.78 is 5.70. The van der Waals surface area contributed by atoms with Crippen LogP contribution < -0.4 is 10.1 Å². The lowest BCUT2D eigenvalue weighted by atomic mass is 10.1.